The third-order valence-electron chi connectivity index (χ3n) is 2.73. The Hall–Kier alpha value is -3.30. The van der Waals surface area contributed by atoms with Crippen LogP contribution in [-0.2, 0) is 6.54 Å². The van der Waals surface area contributed by atoms with Crippen LogP contribution in [0, 0.1) is 0 Å². The SMILES string of the molecule is O=C(NCc1nnc2c(=O)[nH]ccn12)c1ccc(=O)[nH]n1. The van der Waals surface area contributed by atoms with Crippen molar-refractivity contribution in [3.8, 4) is 0 Å². The van der Waals surface area contributed by atoms with Crippen LogP contribution in [0.25, 0.3) is 5.65 Å². The predicted molar refractivity (Wildman–Crippen MR) is 69.6 cm³/mol. The van der Waals surface area contributed by atoms with E-state index in [1.165, 1.54) is 22.7 Å². The van der Waals surface area contributed by atoms with Crippen LogP contribution in [0.4, 0.5) is 0 Å². The largest absolute Gasteiger partial charge is 0.343 e. The summed E-state index contributed by atoms with van der Waals surface area (Å²) in [6.45, 7) is 0.0598. The average molecular weight is 287 g/mol. The van der Waals surface area contributed by atoms with Gasteiger partial charge in [-0.3, -0.25) is 18.8 Å². The zero-order chi connectivity index (χ0) is 14.8. The summed E-state index contributed by atoms with van der Waals surface area (Å²) in [6.07, 6.45) is 3.03. The Bertz CT molecular complexity index is 903. The summed E-state index contributed by atoms with van der Waals surface area (Å²) in [5.74, 6) is -0.0817. The second kappa shape index (κ2) is 5.00. The van der Waals surface area contributed by atoms with Crippen molar-refractivity contribution in [2.75, 3.05) is 0 Å². The fourth-order valence-corrected chi connectivity index (χ4v) is 1.73. The molecule has 21 heavy (non-hydrogen) atoms. The molecule has 0 atom stereocenters. The van der Waals surface area contributed by atoms with Crippen LogP contribution in [0.2, 0.25) is 0 Å². The number of rotatable bonds is 3. The third kappa shape index (κ3) is 2.41. The van der Waals surface area contributed by atoms with Crippen molar-refractivity contribution in [3.63, 3.8) is 0 Å². The van der Waals surface area contributed by atoms with Crippen molar-refractivity contribution in [2.45, 2.75) is 6.54 Å². The van der Waals surface area contributed by atoms with E-state index >= 15 is 0 Å². The molecule has 3 aromatic rings. The van der Waals surface area contributed by atoms with E-state index in [2.05, 4.69) is 30.7 Å². The summed E-state index contributed by atoms with van der Waals surface area (Å²) in [7, 11) is 0. The van der Waals surface area contributed by atoms with Gasteiger partial charge < -0.3 is 10.3 Å². The van der Waals surface area contributed by atoms with E-state index in [-0.39, 0.29) is 23.4 Å². The molecule has 0 radical (unpaired) electrons. The number of aromatic nitrogens is 6. The normalized spacial score (nSPS) is 10.7. The summed E-state index contributed by atoms with van der Waals surface area (Å²) < 4.78 is 1.47. The van der Waals surface area contributed by atoms with Crippen LogP contribution < -0.4 is 16.4 Å². The first-order valence-electron chi connectivity index (χ1n) is 5.90. The Morgan fingerprint density at radius 1 is 1.29 bits per heavy atom. The fourth-order valence-electron chi connectivity index (χ4n) is 1.73. The molecule has 0 aliphatic heterocycles. The van der Waals surface area contributed by atoms with Gasteiger partial charge in [-0.1, -0.05) is 0 Å². The zero-order valence-electron chi connectivity index (χ0n) is 10.5. The minimum absolute atomic E-state index is 0.0598. The molecule has 0 fully saturated rings. The fraction of sp³-hybridized carbons (Fsp3) is 0.0909. The summed E-state index contributed by atoms with van der Waals surface area (Å²) in [6, 6.07) is 2.51. The van der Waals surface area contributed by atoms with Crippen molar-refractivity contribution in [2.24, 2.45) is 0 Å². The molecule has 0 saturated carbocycles. The number of nitrogens with zero attached hydrogens (tertiary/aromatic N) is 4. The third-order valence-corrected chi connectivity index (χ3v) is 2.73. The van der Waals surface area contributed by atoms with Crippen molar-refractivity contribution < 1.29 is 4.79 Å². The van der Waals surface area contributed by atoms with Crippen LogP contribution in [0.15, 0.2) is 34.1 Å². The van der Waals surface area contributed by atoms with Gasteiger partial charge in [-0.05, 0) is 6.07 Å². The smallest absolute Gasteiger partial charge is 0.293 e. The Morgan fingerprint density at radius 3 is 2.90 bits per heavy atom. The summed E-state index contributed by atoms with van der Waals surface area (Å²) in [5, 5.41) is 15.9. The lowest BCUT2D eigenvalue weighted by atomic mass is 10.3. The Labute approximate surface area is 115 Å². The van der Waals surface area contributed by atoms with Gasteiger partial charge in [0.2, 0.25) is 5.65 Å². The van der Waals surface area contributed by atoms with E-state index < -0.39 is 11.5 Å². The van der Waals surface area contributed by atoms with Gasteiger partial charge in [-0.2, -0.15) is 5.10 Å². The van der Waals surface area contributed by atoms with Gasteiger partial charge in [0.05, 0.1) is 6.54 Å². The maximum absolute atomic E-state index is 11.8. The number of aromatic amines is 2. The second-order valence-corrected chi connectivity index (χ2v) is 4.09. The summed E-state index contributed by atoms with van der Waals surface area (Å²) >= 11 is 0. The lowest BCUT2D eigenvalue weighted by Gasteiger charge is -2.02. The highest BCUT2D eigenvalue weighted by molar-refractivity contribution is 5.91. The van der Waals surface area contributed by atoms with Crippen LogP contribution in [-0.4, -0.2) is 35.7 Å². The lowest BCUT2D eigenvalue weighted by Crippen LogP contribution is -2.26. The Balaban J connectivity index is 1.79. The van der Waals surface area contributed by atoms with Crippen LogP contribution in [0.1, 0.15) is 16.3 Å². The second-order valence-electron chi connectivity index (χ2n) is 4.09. The van der Waals surface area contributed by atoms with Crippen LogP contribution in [0.5, 0.6) is 0 Å². The highest BCUT2D eigenvalue weighted by atomic mass is 16.2. The monoisotopic (exact) mass is 287 g/mol. The number of carbonyl (C=O) groups excluding carboxylic acids is 1. The van der Waals surface area contributed by atoms with E-state index in [0.29, 0.717) is 5.82 Å². The number of hydrogen-bond acceptors (Lipinski definition) is 6. The minimum Gasteiger partial charge on any atom is -0.343 e. The molecule has 0 saturated heterocycles. The van der Waals surface area contributed by atoms with Crippen molar-refractivity contribution in [1.82, 2.24) is 35.1 Å². The highest BCUT2D eigenvalue weighted by Crippen LogP contribution is 1.98. The van der Waals surface area contributed by atoms with Gasteiger partial charge in [0, 0.05) is 18.5 Å². The first kappa shape index (κ1) is 12.7. The predicted octanol–water partition coefficient (Wildman–Crippen LogP) is -1.57. The molecule has 106 valence electrons. The minimum atomic E-state index is -0.479. The van der Waals surface area contributed by atoms with E-state index in [1.807, 2.05) is 0 Å². The quantitative estimate of drug-likeness (QED) is 0.532. The molecular weight excluding hydrogens is 278 g/mol. The Kier molecular flexibility index (Phi) is 3.03. The van der Waals surface area contributed by atoms with E-state index in [1.54, 1.807) is 6.20 Å². The highest BCUT2D eigenvalue weighted by Gasteiger charge is 2.11. The molecule has 10 nitrogen and oxygen atoms in total. The molecule has 0 bridgehead atoms. The molecule has 10 heteroatoms. The lowest BCUT2D eigenvalue weighted by molar-refractivity contribution is 0.0943. The van der Waals surface area contributed by atoms with E-state index in [9.17, 15) is 14.4 Å². The number of fused-ring (bicyclic) bond motifs is 1. The van der Waals surface area contributed by atoms with Crippen molar-refractivity contribution in [1.29, 1.82) is 0 Å². The zero-order valence-corrected chi connectivity index (χ0v) is 10.5. The van der Waals surface area contributed by atoms with Crippen LogP contribution >= 0.6 is 0 Å². The van der Waals surface area contributed by atoms with Crippen molar-refractivity contribution in [3.05, 3.63) is 56.8 Å². The molecule has 3 aromatic heterocycles. The molecular formula is C11H9N7O3. The number of amides is 1. The van der Waals surface area contributed by atoms with Gasteiger partial charge in [-0.25, -0.2) is 5.10 Å². The van der Waals surface area contributed by atoms with Gasteiger partial charge >= 0.3 is 0 Å². The van der Waals surface area contributed by atoms with Gasteiger partial charge in [0.25, 0.3) is 17.0 Å². The molecule has 3 heterocycles. The van der Waals surface area contributed by atoms with Crippen LogP contribution in [0.3, 0.4) is 0 Å². The standard InChI is InChI=1S/C11H9N7O3/c19-8-2-1-6(14-16-8)10(20)13-5-7-15-17-9-11(21)12-3-4-18(7)9/h1-4H,5H2,(H,12,21)(H,13,20)(H,16,19). The number of nitrogens with one attached hydrogen (secondary N) is 3. The molecule has 0 unspecified atom stereocenters. The molecule has 0 spiro atoms. The maximum atomic E-state index is 11.8. The number of hydrogen-bond donors (Lipinski definition) is 3. The van der Waals surface area contributed by atoms with Gasteiger partial charge in [0.1, 0.15) is 5.69 Å². The molecule has 0 aliphatic rings. The average Bonchev–Trinajstić information content (AvgIpc) is 2.90. The molecule has 0 aliphatic carbocycles. The molecule has 1 amide bonds. The molecule has 0 aromatic carbocycles. The van der Waals surface area contributed by atoms with Gasteiger partial charge in [0.15, 0.2) is 5.82 Å². The Morgan fingerprint density at radius 2 is 2.14 bits per heavy atom. The van der Waals surface area contributed by atoms with E-state index in [0.717, 1.165) is 0 Å². The van der Waals surface area contributed by atoms with Gasteiger partial charge in [-0.15, -0.1) is 10.2 Å². The topological polar surface area (TPSA) is 138 Å². The number of H-pyrrole nitrogens is 2. The van der Waals surface area contributed by atoms with E-state index in [4.69, 9.17) is 0 Å². The molecule has 3 N–H and O–H groups in total. The molecule has 3 rings (SSSR count). The number of carbonyl (C=O) groups is 1. The summed E-state index contributed by atoms with van der Waals surface area (Å²) in [5.41, 5.74) is -0.552. The first-order chi connectivity index (χ1) is 10.1. The summed E-state index contributed by atoms with van der Waals surface area (Å²) in [4.78, 5) is 36.6. The maximum Gasteiger partial charge on any atom is 0.293 e. The van der Waals surface area contributed by atoms with Crippen molar-refractivity contribution >= 4 is 11.6 Å². The first-order valence-corrected chi connectivity index (χ1v) is 5.90.